The SMILES string of the molecule is COOSOC.COS(C)(=O)=O.COS(C)(=O)=O.c1ccccc1. The van der Waals surface area contributed by atoms with Crippen molar-refractivity contribution in [3.8, 4) is 0 Å². The molecular weight excluding hydrogens is 384 g/mol. The third-order valence-electron chi connectivity index (χ3n) is 1.44. The van der Waals surface area contributed by atoms with Gasteiger partial charge in [-0.25, -0.2) is 4.89 Å². The van der Waals surface area contributed by atoms with Gasteiger partial charge in [-0.15, -0.1) is 4.33 Å². The molecule has 1 aromatic carbocycles. The van der Waals surface area contributed by atoms with E-state index in [0.29, 0.717) is 0 Å². The molecule has 0 N–H and O–H groups in total. The van der Waals surface area contributed by atoms with Crippen LogP contribution in [0, 0.1) is 0 Å². The second kappa shape index (κ2) is 18.6. The molecule has 12 heteroatoms. The topological polar surface area (TPSA) is 114 Å². The van der Waals surface area contributed by atoms with Gasteiger partial charge in [0.2, 0.25) is 0 Å². The Kier molecular flexibility index (Phi) is 21.8. The van der Waals surface area contributed by atoms with Gasteiger partial charge in [-0.05, 0) is 0 Å². The van der Waals surface area contributed by atoms with Crippen molar-refractivity contribution in [1.29, 1.82) is 0 Å². The second-order valence-electron chi connectivity index (χ2n) is 3.37. The van der Waals surface area contributed by atoms with E-state index in [1.54, 1.807) is 0 Å². The molecular formula is C12H24O9S3. The predicted molar refractivity (Wildman–Crippen MR) is 92.8 cm³/mol. The summed E-state index contributed by atoms with van der Waals surface area (Å²) in [5.74, 6) is 0. The van der Waals surface area contributed by atoms with Gasteiger partial charge in [0.25, 0.3) is 20.2 Å². The van der Waals surface area contributed by atoms with Crippen LogP contribution in [0.1, 0.15) is 0 Å². The van der Waals surface area contributed by atoms with Crippen LogP contribution in [0.15, 0.2) is 36.4 Å². The van der Waals surface area contributed by atoms with Gasteiger partial charge in [0.1, 0.15) is 0 Å². The Morgan fingerprint density at radius 1 is 0.667 bits per heavy atom. The highest BCUT2D eigenvalue weighted by Crippen LogP contribution is 1.98. The zero-order valence-electron chi connectivity index (χ0n) is 14.4. The first-order valence-electron chi connectivity index (χ1n) is 5.95. The summed E-state index contributed by atoms with van der Waals surface area (Å²) in [5, 5.41) is 0. The van der Waals surface area contributed by atoms with Crippen molar-refractivity contribution in [3.05, 3.63) is 36.4 Å². The lowest BCUT2D eigenvalue weighted by molar-refractivity contribution is -0.166. The molecule has 9 nitrogen and oxygen atoms in total. The van der Waals surface area contributed by atoms with E-state index in [4.69, 9.17) is 0 Å². The smallest absolute Gasteiger partial charge is 0.264 e. The Labute approximate surface area is 148 Å². The Balaban J connectivity index is -0.000000245. The summed E-state index contributed by atoms with van der Waals surface area (Å²) in [6.45, 7) is 0. The summed E-state index contributed by atoms with van der Waals surface area (Å²) in [6.07, 6.45) is 1.99. The fourth-order valence-corrected chi connectivity index (χ4v) is 0.552. The van der Waals surface area contributed by atoms with Gasteiger partial charge in [0.15, 0.2) is 12.3 Å². The summed E-state index contributed by atoms with van der Waals surface area (Å²) in [6, 6.07) is 12.0. The first-order valence-corrected chi connectivity index (χ1v) is 10.2. The van der Waals surface area contributed by atoms with Crippen molar-refractivity contribution in [2.75, 3.05) is 41.0 Å². The molecule has 0 saturated carbocycles. The molecule has 0 spiro atoms. The molecule has 0 heterocycles. The van der Waals surface area contributed by atoms with E-state index in [2.05, 4.69) is 21.8 Å². The van der Waals surface area contributed by atoms with Crippen LogP contribution in [0.5, 0.6) is 0 Å². The lowest BCUT2D eigenvalue weighted by atomic mass is 10.4. The molecule has 0 aliphatic carbocycles. The lowest BCUT2D eigenvalue weighted by Crippen LogP contribution is -1.95. The maximum absolute atomic E-state index is 9.78. The van der Waals surface area contributed by atoms with Gasteiger partial charge >= 0.3 is 0 Å². The van der Waals surface area contributed by atoms with Gasteiger partial charge in [0.05, 0.1) is 41.0 Å². The Bertz CT molecular complexity index is 482. The molecule has 1 aromatic rings. The fourth-order valence-electron chi connectivity index (χ4n) is 0.440. The molecule has 0 fully saturated rings. The van der Waals surface area contributed by atoms with Crippen LogP contribution >= 0.6 is 12.3 Å². The number of hydrogen-bond donors (Lipinski definition) is 0. The highest BCUT2D eigenvalue weighted by atomic mass is 32.2. The van der Waals surface area contributed by atoms with E-state index >= 15 is 0 Å². The third-order valence-corrected chi connectivity index (χ3v) is 2.97. The van der Waals surface area contributed by atoms with Crippen LogP contribution in [0.4, 0.5) is 0 Å². The average Bonchev–Trinajstić information content (AvgIpc) is 2.55. The van der Waals surface area contributed by atoms with Crippen molar-refractivity contribution >= 4 is 32.6 Å². The normalized spacial score (nSPS) is 10.1. The second-order valence-corrected chi connectivity index (χ2v) is 7.45. The third kappa shape index (κ3) is 42.9. The maximum Gasteiger partial charge on any atom is 0.264 e. The zero-order chi connectivity index (χ0) is 19.5. The van der Waals surface area contributed by atoms with Gasteiger partial charge in [-0.3, -0.25) is 12.5 Å². The van der Waals surface area contributed by atoms with Crippen LogP contribution in [0.2, 0.25) is 0 Å². The minimum absolute atomic E-state index is 0.786. The fraction of sp³-hybridized carbons (Fsp3) is 0.500. The molecule has 0 amide bonds. The van der Waals surface area contributed by atoms with Crippen LogP contribution < -0.4 is 0 Å². The molecule has 0 radical (unpaired) electrons. The summed E-state index contributed by atoms with van der Waals surface area (Å²) >= 11 is 0.786. The largest absolute Gasteiger partial charge is 0.293 e. The van der Waals surface area contributed by atoms with Crippen molar-refractivity contribution in [2.24, 2.45) is 0 Å². The van der Waals surface area contributed by atoms with E-state index in [0.717, 1.165) is 39.1 Å². The Morgan fingerprint density at radius 3 is 1.00 bits per heavy atom. The number of hydrogen-bond acceptors (Lipinski definition) is 10. The molecule has 144 valence electrons. The van der Waals surface area contributed by atoms with Crippen LogP contribution in [-0.2, 0) is 42.0 Å². The Hall–Kier alpha value is -0.730. The monoisotopic (exact) mass is 408 g/mol. The molecule has 0 aliphatic heterocycles. The first-order chi connectivity index (χ1) is 11.0. The lowest BCUT2D eigenvalue weighted by Gasteiger charge is -1.88. The maximum atomic E-state index is 9.78. The van der Waals surface area contributed by atoms with Crippen LogP contribution in [-0.4, -0.2) is 57.8 Å². The number of rotatable bonds is 5. The number of benzene rings is 1. The van der Waals surface area contributed by atoms with Crippen molar-refractivity contribution < 1.29 is 38.6 Å². The average molecular weight is 409 g/mol. The van der Waals surface area contributed by atoms with Crippen molar-refractivity contribution in [2.45, 2.75) is 0 Å². The molecule has 0 atom stereocenters. The van der Waals surface area contributed by atoms with Crippen LogP contribution in [0.3, 0.4) is 0 Å². The molecule has 0 saturated heterocycles. The summed E-state index contributed by atoms with van der Waals surface area (Å²) in [5.41, 5.74) is 0. The molecule has 1 rings (SSSR count). The van der Waals surface area contributed by atoms with Gasteiger partial charge in [-0.1, -0.05) is 36.4 Å². The first kappa shape index (κ1) is 28.1. The molecule has 0 aliphatic rings. The van der Waals surface area contributed by atoms with Gasteiger partial charge in [-0.2, -0.15) is 16.8 Å². The highest BCUT2D eigenvalue weighted by molar-refractivity contribution is 7.89. The zero-order valence-corrected chi connectivity index (χ0v) is 16.8. The van der Waals surface area contributed by atoms with E-state index in [-0.39, 0.29) is 0 Å². The quantitative estimate of drug-likeness (QED) is 0.234. The minimum atomic E-state index is -3.16. The summed E-state index contributed by atoms with van der Waals surface area (Å²) in [4.78, 5) is 4.12. The van der Waals surface area contributed by atoms with Crippen molar-refractivity contribution in [3.63, 3.8) is 0 Å². The Morgan fingerprint density at radius 2 is 0.917 bits per heavy atom. The van der Waals surface area contributed by atoms with Gasteiger partial charge < -0.3 is 0 Å². The summed E-state index contributed by atoms with van der Waals surface area (Å²) < 4.78 is 55.5. The van der Waals surface area contributed by atoms with Gasteiger partial charge in [0, 0.05) is 0 Å². The molecule has 0 unspecified atom stereocenters. The highest BCUT2D eigenvalue weighted by Gasteiger charge is 1.91. The molecule has 0 aromatic heterocycles. The van der Waals surface area contributed by atoms with E-state index < -0.39 is 20.2 Å². The van der Waals surface area contributed by atoms with E-state index in [1.807, 2.05) is 36.4 Å². The predicted octanol–water partition coefficient (Wildman–Crippen LogP) is 1.65. The van der Waals surface area contributed by atoms with E-state index in [1.165, 1.54) is 14.2 Å². The standard InChI is InChI=1S/C6H6.3C2H6O3S/c1-2-4-6-5-3-1;2*1-5-6(2,3)4;1-3-5-6-4-2/h1-6H;3*1-2H3. The molecule has 0 bridgehead atoms. The molecule has 24 heavy (non-hydrogen) atoms. The van der Waals surface area contributed by atoms with Crippen LogP contribution in [0.25, 0.3) is 0 Å². The van der Waals surface area contributed by atoms with E-state index in [9.17, 15) is 16.8 Å². The van der Waals surface area contributed by atoms with Crippen molar-refractivity contribution in [1.82, 2.24) is 0 Å². The summed E-state index contributed by atoms with van der Waals surface area (Å²) in [7, 11) is -1.18. The minimum Gasteiger partial charge on any atom is -0.293 e.